The zero-order valence-electron chi connectivity index (χ0n) is 20.2. The number of ether oxygens (including phenoxy) is 2. The Morgan fingerprint density at radius 2 is 2.11 bits per heavy atom. The first kappa shape index (κ1) is 23.9. The van der Waals surface area contributed by atoms with Crippen molar-refractivity contribution >= 4 is 17.7 Å². The highest BCUT2D eigenvalue weighted by Gasteiger charge is 2.29. The van der Waals surface area contributed by atoms with E-state index in [1.54, 1.807) is 6.33 Å². The third kappa shape index (κ3) is 5.71. The molecular weight excluding hydrogens is 466 g/mol. The summed E-state index contributed by atoms with van der Waals surface area (Å²) in [5, 5.41) is 9.60. The summed E-state index contributed by atoms with van der Waals surface area (Å²) in [5.74, 6) is 1.70. The third-order valence-electron chi connectivity index (χ3n) is 6.53. The quantitative estimate of drug-likeness (QED) is 0.455. The van der Waals surface area contributed by atoms with Gasteiger partial charge < -0.3 is 18.5 Å². The summed E-state index contributed by atoms with van der Waals surface area (Å²) in [6.45, 7) is 4.55. The van der Waals surface area contributed by atoms with Crippen molar-refractivity contribution in [3.8, 4) is 5.75 Å². The highest BCUT2D eigenvalue weighted by atomic mass is 32.2. The largest absolute Gasteiger partial charge is 0.492 e. The van der Waals surface area contributed by atoms with Crippen molar-refractivity contribution in [3.05, 3.63) is 53.5 Å². The van der Waals surface area contributed by atoms with Crippen molar-refractivity contribution in [1.82, 2.24) is 24.6 Å². The Morgan fingerprint density at radius 1 is 1.20 bits per heavy atom. The first-order valence-electron chi connectivity index (χ1n) is 12.0. The zero-order valence-corrected chi connectivity index (χ0v) is 21.0. The molecule has 0 unspecified atom stereocenters. The lowest BCUT2D eigenvalue weighted by Crippen LogP contribution is -2.44. The van der Waals surface area contributed by atoms with Crippen LogP contribution in [-0.4, -0.2) is 63.4 Å². The molecule has 3 aromatic rings. The highest BCUT2D eigenvalue weighted by Crippen LogP contribution is 2.30. The van der Waals surface area contributed by atoms with Crippen LogP contribution in [0.2, 0.25) is 0 Å². The number of hydrogen-bond donors (Lipinski definition) is 0. The minimum absolute atomic E-state index is 0.135. The number of aryl methyl sites for hydroxylation is 1. The Labute approximate surface area is 209 Å². The Hall–Kier alpha value is -2.82. The normalized spacial score (nSPS) is 19.1. The summed E-state index contributed by atoms with van der Waals surface area (Å²) in [4.78, 5) is 16.8. The van der Waals surface area contributed by atoms with Crippen molar-refractivity contribution in [2.45, 2.75) is 55.2 Å². The molecule has 0 saturated carbocycles. The fraction of sp³-hybridized carbons (Fsp3) is 0.480. The number of carbonyl (C=O) groups excluding carboxylic acids is 1. The molecule has 2 aromatic heterocycles. The predicted octanol–water partition coefficient (Wildman–Crippen LogP) is 3.48. The molecule has 35 heavy (non-hydrogen) atoms. The number of benzene rings is 1. The van der Waals surface area contributed by atoms with Crippen LogP contribution in [-0.2, 0) is 36.2 Å². The summed E-state index contributed by atoms with van der Waals surface area (Å²) in [5.41, 5.74) is 2.34. The van der Waals surface area contributed by atoms with E-state index in [1.165, 1.54) is 24.4 Å². The number of piperidine rings is 1. The van der Waals surface area contributed by atoms with E-state index in [2.05, 4.69) is 38.2 Å². The maximum atomic E-state index is 12.3. The molecule has 0 spiro atoms. The molecule has 2 aliphatic rings. The van der Waals surface area contributed by atoms with Gasteiger partial charge in [-0.2, -0.15) is 0 Å². The van der Waals surface area contributed by atoms with Crippen LogP contribution in [0.1, 0.15) is 36.1 Å². The van der Waals surface area contributed by atoms with Gasteiger partial charge in [-0.3, -0.25) is 14.6 Å². The Bertz CT molecular complexity index is 1160. The number of nitrogens with zero attached hydrogens (tertiary/aromatic N) is 5. The summed E-state index contributed by atoms with van der Waals surface area (Å²) < 4.78 is 19.0. The van der Waals surface area contributed by atoms with E-state index in [4.69, 9.17) is 13.9 Å². The van der Waals surface area contributed by atoms with Gasteiger partial charge in [0.1, 0.15) is 30.5 Å². The molecule has 4 heterocycles. The van der Waals surface area contributed by atoms with Crippen molar-refractivity contribution in [1.29, 1.82) is 0 Å². The van der Waals surface area contributed by atoms with Gasteiger partial charge in [-0.25, -0.2) is 0 Å². The molecule has 1 atom stereocenters. The number of likely N-dealkylation sites (tertiary alicyclic amines) is 1. The van der Waals surface area contributed by atoms with Crippen LogP contribution in [0.4, 0.5) is 0 Å². The Balaban J connectivity index is 1.25. The lowest BCUT2D eigenvalue weighted by atomic mass is 10.0. The van der Waals surface area contributed by atoms with Crippen LogP contribution in [0.5, 0.6) is 5.75 Å². The van der Waals surface area contributed by atoms with Gasteiger partial charge >= 0.3 is 5.97 Å². The second-order valence-corrected chi connectivity index (χ2v) is 10.0. The van der Waals surface area contributed by atoms with Gasteiger partial charge in [-0.05, 0) is 61.0 Å². The number of esters is 1. The molecule has 0 aliphatic carbocycles. The lowest BCUT2D eigenvalue weighted by Gasteiger charge is -2.33. The van der Waals surface area contributed by atoms with Crippen LogP contribution in [0.15, 0.2) is 51.3 Å². The van der Waals surface area contributed by atoms with Crippen LogP contribution < -0.4 is 4.74 Å². The standard InChI is InChI=1S/C25H31N5O4S/c1-28-17-26-27-25(28)35-23-9-7-20(34-23)16-29-11-12-33-22-8-6-18(13-19(22)15-29)14-30-10-4-3-5-21(30)24(31)32-2/h6-9,13,17,21H,3-5,10-12,14-16H2,1-2H3/t21-/m0/s1. The molecule has 0 bridgehead atoms. The topological polar surface area (TPSA) is 85.9 Å². The van der Waals surface area contributed by atoms with E-state index in [-0.39, 0.29) is 12.0 Å². The summed E-state index contributed by atoms with van der Waals surface area (Å²) >= 11 is 1.46. The molecule has 9 nitrogen and oxygen atoms in total. The van der Waals surface area contributed by atoms with Crippen molar-refractivity contribution in [2.24, 2.45) is 7.05 Å². The van der Waals surface area contributed by atoms with Crippen LogP contribution >= 0.6 is 11.8 Å². The third-order valence-corrected chi connectivity index (χ3v) is 7.51. The molecule has 1 saturated heterocycles. The van der Waals surface area contributed by atoms with Gasteiger partial charge in [0.05, 0.1) is 13.7 Å². The van der Waals surface area contributed by atoms with Gasteiger partial charge in [-0.15, -0.1) is 10.2 Å². The Kier molecular flexibility index (Phi) is 7.40. The summed E-state index contributed by atoms with van der Waals surface area (Å²) in [6.07, 6.45) is 4.70. The first-order chi connectivity index (χ1) is 17.1. The van der Waals surface area contributed by atoms with Crippen molar-refractivity contribution in [2.75, 3.05) is 26.8 Å². The molecule has 0 amide bonds. The van der Waals surface area contributed by atoms with E-state index < -0.39 is 0 Å². The molecule has 1 fully saturated rings. The summed E-state index contributed by atoms with van der Waals surface area (Å²) in [6, 6.07) is 10.2. The predicted molar refractivity (Wildman–Crippen MR) is 130 cm³/mol. The SMILES string of the molecule is COC(=O)[C@@H]1CCCCN1Cc1ccc2c(c1)CN(Cc1ccc(Sc3nncn3C)o1)CCO2. The number of hydrogen-bond acceptors (Lipinski definition) is 9. The van der Waals surface area contributed by atoms with Gasteiger partial charge in [0.25, 0.3) is 0 Å². The molecular formula is C25H31N5O4S. The number of methoxy groups -OCH3 is 1. The fourth-order valence-electron chi connectivity index (χ4n) is 4.73. The molecule has 1 aromatic carbocycles. The molecule has 5 rings (SSSR count). The van der Waals surface area contributed by atoms with Gasteiger partial charge in [0, 0.05) is 32.2 Å². The van der Waals surface area contributed by atoms with Gasteiger partial charge in [0.15, 0.2) is 10.2 Å². The molecule has 10 heteroatoms. The average molecular weight is 498 g/mol. The van der Waals surface area contributed by atoms with E-state index in [0.29, 0.717) is 13.2 Å². The fourth-order valence-corrected chi connectivity index (χ4v) is 5.47. The number of furan rings is 1. The van der Waals surface area contributed by atoms with Crippen LogP contribution in [0, 0.1) is 0 Å². The zero-order chi connectivity index (χ0) is 24.2. The van der Waals surface area contributed by atoms with Crippen LogP contribution in [0.25, 0.3) is 0 Å². The minimum atomic E-state index is -0.159. The van der Waals surface area contributed by atoms with Gasteiger partial charge in [-0.1, -0.05) is 12.5 Å². The molecule has 2 aliphatic heterocycles. The number of fused-ring (bicyclic) bond motifs is 1. The maximum Gasteiger partial charge on any atom is 0.323 e. The van der Waals surface area contributed by atoms with Crippen LogP contribution in [0.3, 0.4) is 0 Å². The minimum Gasteiger partial charge on any atom is -0.492 e. The van der Waals surface area contributed by atoms with E-state index >= 15 is 0 Å². The monoisotopic (exact) mass is 497 g/mol. The number of aromatic nitrogens is 3. The van der Waals surface area contributed by atoms with E-state index in [9.17, 15) is 4.79 Å². The maximum absolute atomic E-state index is 12.3. The smallest absolute Gasteiger partial charge is 0.323 e. The summed E-state index contributed by atoms with van der Waals surface area (Å²) in [7, 11) is 3.38. The van der Waals surface area contributed by atoms with Gasteiger partial charge in [0.2, 0.25) is 0 Å². The number of rotatable bonds is 7. The lowest BCUT2D eigenvalue weighted by molar-refractivity contribution is -0.148. The second kappa shape index (κ2) is 10.8. The first-order valence-corrected chi connectivity index (χ1v) is 12.8. The van der Waals surface area contributed by atoms with E-state index in [0.717, 1.165) is 72.8 Å². The molecule has 186 valence electrons. The van der Waals surface area contributed by atoms with Crippen molar-refractivity contribution in [3.63, 3.8) is 0 Å². The average Bonchev–Trinajstić information content (AvgIpc) is 3.42. The second-order valence-electron chi connectivity index (χ2n) is 9.05. The number of carbonyl (C=O) groups is 1. The molecule has 0 N–H and O–H groups in total. The van der Waals surface area contributed by atoms with Crippen molar-refractivity contribution < 1.29 is 18.7 Å². The molecule has 0 radical (unpaired) electrons. The Morgan fingerprint density at radius 3 is 2.94 bits per heavy atom. The highest BCUT2D eigenvalue weighted by molar-refractivity contribution is 7.99. The van der Waals surface area contributed by atoms with E-state index in [1.807, 2.05) is 23.7 Å².